The molecule has 4 N–H and O–H groups in total. The number of imide groups is 1. The van der Waals surface area contributed by atoms with E-state index in [2.05, 4.69) is 10.7 Å². The lowest BCUT2D eigenvalue weighted by Gasteiger charge is -2.27. The largest absolute Gasteiger partial charge is 0.344 e. The summed E-state index contributed by atoms with van der Waals surface area (Å²) in [4.78, 5) is 50.4. The Kier molecular flexibility index (Phi) is 9.19. The van der Waals surface area contributed by atoms with E-state index in [1.54, 1.807) is 19.3 Å². The van der Waals surface area contributed by atoms with Crippen LogP contribution < -0.4 is 16.2 Å². The van der Waals surface area contributed by atoms with E-state index in [1.165, 1.54) is 0 Å². The summed E-state index contributed by atoms with van der Waals surface area (Å²) in [5, 5.41) is 12.5. The maximum Gasteiger partial charge on any atom is 0.344 e. The second-order valence-electron chi connectivity index (χ2n) is 9.02. The Bertz CT molecular complexity index is 812. The van der Waals surface area contributed by atoms with Crippen LogP contribution in [-0.2, 0) is 20.8 Å². The van der Waals surface area contributed by atoms with Gasteiger partial charge in [-0.2, -0.15) is 5.01 Å². The van der Waals surface area contributed by atoms with Gasteiger partial charge >= 0.3 is 6.03 Å². The molecule has 9 nitrogen and oxygen atoms in total. The molecule has 0 unspecified atom stereocenters. The molecular weight excluding hydrogens is 412 g/mol. The summed E-state index contributed by atoms with van der Waals surface area (Å²) in [6.45, 7) is 7.43. The van der Waals surface area contributed by atoms with Crippen molar-refractivity contribution in [2.24, 2.45) is 23.7 Å². The molecular formula is C23H34N4O5. The van der Waals surface area contributed by atoms with E-state index in [4.69, 9.17) is 0 Å². The fraction of sp³-hybridized carbons (Fsp3) is 0.565. The molecule has 1 heterocycles. The van der Waals surface area contributed by atoms with Gasteiger partial charge in [0.15, 0.2) is 0 Å². The molecule has 0 aromatic heterocycles. The first-order valence-electron chi connectivity index (χ1n) is 11.1. The molecule has 1 saturated heterocycles. The lowest BCUT2D eigenvalue weighted by Crippen LogP contribution is -2.51. The third kappa shape index (κ3) is 6.53. The summed E-state index contributed by atoms with van der Waals surface area (Å²) in [5.41, 5.74) is 5.19. The van der Waals surface area contributed by atoms with Gasteiger partial charge in [0.2, 0.25) is 11.8 Å². The zero-order chi connectivity index (χ0) is 23.8. The van der Waals surface area contributed by atoms with Crippen LogP contribution in [0, 0.1) is 23.7 Å². The van der Waals surface area contributed by atoms with E-state index in [0.717, 1.165) is 12.0 Å². The third-order valence-corrected chi connectivity index (χ3v) is 5.68. The molecule has 32 heavy (non-hydrogen) atoms. The van der Waals surface area contributed by atoms with Crippen molar-refractivity contribution in [3.05, 3.63) is 35.9 Å². The van der Waals surface area contributed by atoms with Crippen molar-refractivity contribution in [3.63, 3.8) is 0 Å². The van der Waals surface area contributed by atoms with Gasteiger partial charge in [0.05, 0.1) is 11.8 Å². The van der Waals surface area contributed by atoms with Crippen LogP contribution >= 0.6 is 0 Å². The normalized spacial score (nSPS) is 18.0. The van der Waals surface area contributed by atoms with Gasteiger partial charge in [-0.25, -0.2) is 10.3 Å². The van der Waals surface area contributed by atoms with Crippen LogP contribution in [0.25, 0.3) is 0 Å². The van der Waals surface area contributed by atoms with Crippen molar-refractivity contribution in [1.29, 1.82) is 0 Å². The standard InChI is InChI=1S/C23H34N4O5/c1-14(2)13-18(20(28)25-27-22(30)19(15(3)4)24-23(27)31)17(21(29)26-32)12-8-11-16-9-6-5-7-10-16/h5-7,9-10,14-15,17-19,32H,8,11-13H2,1-4H3,(H,24,31)(H,25,28)(H,26,29)/t17-,18+,19+/m0/s1. The van der Waals surface area contributed by atoms with E-state index < -0.39 is 41.6 Å². The summed E-state index contributed by atoms with van der Waals surface area (Å²) < 4.78 is 0. The van der Waals surface area contributed by atoms with Crippen molar-refractivity contribution in [2.45, 2.75) is 59.4 Å². The molecule has 0 saturated carbocycles. The fourth-order valence-corrected chi connectivity index (χ4v) is 3.98. The maximum atomic E-state index is 13.2. The number of carbonyl (C=O) groups excluding carboxylic acids is 4. The highest BCUT2D eigenvalue weighted by molar-refractivity contribution is 6.05. The van der Waals surface area contributed by atoms with Crippen molar-refractivity contribution in [3.8, 4) is 0 Å². The van der Waals surface area contributed by atoms with E-state index >= 15 is 0 Å². The molecule has 9 heteroatoms. The molecule has 2 rings (SSSR count). The molecule has 1 fully saturated rings. The van der Waals surface area contributed by atoms with Gasteiger partial charge < -0.3 is 5.32 Å². The topological polar surface area (TPSA) is 128 Å². The number of rotatable bonds is 11. The van der Waals surface area contributed by atoms with Crippen LogP contribution in [-0.4, -0.2) is 40.0 Å². The Balaban J connectivity index is 2.15. The molecule has 5 amide bonds. The van der Waals surface area contributed by atoms with Crippen molar-refractivity contribution in [1.82, 2.24) is 21.2 Å². The third-order valence-electron chi connectivity index (χ3n) is 5.68. The number of hydrogen-bond donors (Lipinski definition) is 4. The van der Waals surface area contributed by atoms with E-state index in [-0.39, 0.29) is 11.8 Å². The maximum absolute atomic E-state index is 13.2. The van der Waals surface area contributed by atoms with Gasteiger partial charge in [-0.05, 0) is 43.1 Å². The van der Waals surface area contributed by atoms with Gasteiger partial charge in [0.25, 0.3) is 5.91 Å². The Morgan fingerprint density at radius 2 is 1.72 bits per heavy atom. The van der Waals surface area contributed by atoms with Crippen molar-refractivity contribution in [2.75, 3.05) is 0 Å². The van der Waals surface area contributed by atoms with Crippen LogP contribution in [0.4, 0.5) is 4.79 Å². The molecule has 0 spiro atoms. The monoisotopic (exact) mass is 446 g/mol. The Morgan fingerprint density at radius 3 is 2.25 bits per heavy atom. The molecule has 0 radical (unpaired) electrons. The zero-order valence-corrected chi connectivity index (χ0v) is 19.1. The number of hydroxylamine groups is 1. The first-order valence-corrected chi connectivity index (χ1v) is 11.1. The summed E-state index contributed by atoms with van der Waals surface area (Å²) in [7, 11) is 0. The highest BCUT2D eigenvalue weighted by Crippen LogP contribution is 2.27. The van der Waals surface area contributed by atoms with Crippen LogP contribution in [0.15, 0.2) is 30.3 Å². The predicted molar refractivity (Wildman–Crippen MR) is 118 cm³/mol. The Hall–Kier alpha value is -2.94. The van der Waals surface area contributed by atoms with Crippen LogP contribution in [0.3, 0.4) is 0 Å². The summed E-state index contributed by atoms with van der Waals surface area (Å²) in [6.07, 6.45) is 2.06. The van der Waals surface area contributed by atoms with Crippen LogP contribution in [0.1, 0.15) is 52.5 Å². The molecule has 1 aromatic rings. The number of benzene rings is 1. The van der Waals surface area contributed by atoms with Gasteiger partial charge in [-0.3, -0.25) is 25.0 Å². The second-order valence-corrected chi connectivity index (χ2v) is 9.02. The molecule has 3 atom stereocenters. The average Bonchev–Trinajstić information content (AvgIpc) is 3.04. The van der Waals surface area contributed by atoms with Crippen molar-refractivity contribution >= 4 is 23.8 Å². The second kappa shape index (κ2) is 11.6. The summed E-state index contributed by atoms with van der Waals surface area (Å²) in [6, 6.07) is 8.36. The molecule has 1 aliphatic rings. The molecule has 0 bridgehead atoms. The first kappa shape index (κ1) is 25.3. The lowest BCUT2D eigenvalue weighted by atomic mass is 9.81. The highest BCUT2D eigenvalue weighted by atomic mass is 16.5. The lowest BCUT2D eigenvalue weighted by molar-refractivity contribution is -0.145. The minimum Gasteiger partial charge on any atom is -0.324 e. The predicted octanol–water partition coefficient (Wildman–Crippen LogP) is 2.40. The number of nitrogens with zero attached hydrogens (tertiary/aromatic N) is 1. The number of carbonyl (C=O) groups is 4. The van der Waals surface area contributed by atoms with Crippen LogP contribution in [0.2, 0.25) is 0 Å². The summed E-state index contributed by atoms with van der Waals surface area (Å²) in [5.74, 6) is -3.49. The van der Waals surface area contributed by atoms with E-state index in [9.17, 15) is 24.4 Å². The molecule has 1 aromatic carbocycles. The Labute approximate surface area is 188 Å². The summed E-state index contributed by atoms with van der Waals surface area (Å²) >= 11 is 0. The van der Waals surface area contributed by atoms with Crippen molar-refractivity contribution < 1.29 is 24.4 Å². The number of nitrogens with one attached hydrogen (secondary N) is 3. The van der Waals surface area contributed by atoms with Gasteiger partial charge in [0.1, 0.15) is 6.04 Å². The number of hydrogen-bond acceptors (Lipinski definition) is 5. The first-order chi connectivity index (χ1) is 15.1. The average molecular weight is 447 g/mol. The minimum absolute atomic E-state index is 0.0698. The smallest absolute Gasteiger partial charge is 0.324 e. The molecule has 0 aliphatic carbocycles. The SMILES string of the molecule is CC(C)C[C@@H](C(=O)NN1C(=O)N[C@H](C(C)C)C1=O)[C@H](CCCc1ccccc1)C(=O)NO. The van der Waals surface area contributed by atoms with Gasteiger partial charge in [0, 0.05) is 0 Å². The highest BCUT2D eigenvalue weighted by Gasteiger charge is 2.43. The Morgan fingerprint density at radius 1 is 1.06 bits per heavy atom. The van der Waals surface area contributed by atoms with E-state index in [0.29, 0.717) is 24.3 Å². The zero-order valence-electron chi connectivity index (χ0n) is 19.1. The number of amides is 5. The van der Waals surface area contributed by atoms with E-state index in [1.807, 2.05) is 44.2 Å². The van der Waals surface area contributed by atoms with Gasteiger partial charge in [-0.15, -0.1) is 0 Å². The molecule has 176 valence electrons. The van der Waals surface area contributed by atoms with Crippen LogP contribution in [0.5, 0.6) is 0 Å². The fourth-order valence-electron chi connectivity index (χ4n) is 3.98. The number of aryl methyl sites for hydroxylation is 1. The quantitative estimate of drug-likeness (QED) is 0.236. The van der Waals surface area contributed by atoms with Gasteiger partial charge in [-0.1, -0.05) is 58.0 Å². The number of urea groups is 1. The molecule has 1 aliphatic heterocycles. The minimum atomic E-state index is -0.823. The number of hydrazine groups is 1.